The highest BCUT2D eigenvalue weighted by molar-refractivity contribution is 7.09. The third-order valence-electron chi connectivity index (χ3n) is 3.32. The molecule has 20 heavy (non-hydrogen) atoms. The quantitative estimate of drug-likeness (QED) is 0.888. The van der Waals surface area contributed by atoms with Gasteiger partial charge in [0.15, 0.2) is 0 Å². The molecule has 1 aromatic carbocycles. The molecule has 1 aliphatic rings. The molecule has 104 valence electrons. The van der Waals surface area contributed by atoms with E-state index in [0.717, 1.165) is 18.5 Å². The molecular formula is C15H17N3OS. The van der Waals surface area contributed by atoms with E-state index in [0.29, 0.717) is 11.6 Å². The van der Waals surface area contributed by atoms with Crippen LogP contribution in [0.2, 0.25) is 0 Å². The van der Waals surface area contributed by atoms with E-state index in [1.807, 2.05) is 36.0 Å². The highest BCUT2D eigenvalue weighted by Crippen LogP contribution is 2.23. The molecule has 1 aromatic heterocycles. The molecular weight excluding hydrogens is 270 g/mol. The van der Waals surface area contributed by atoms with Crippen molar-refractivity contribution >= 4 is 22.9 Å². The van der Waals surface area contributed by atoms with Gasteiger partial charge in [-0.1, -0.05) is 0 Å². The van der Waals surface area contributed by atoms with Crippen molar-refractivity contribution < 1.29 is 4.79 Å². The van der Waals surface area contributed by atoms with Crippen molar-refractivity contribution in [1.29, 1.82) is 0 Å². The van der Waals surface area contributed by atoms with Gasteiger partial charge < -0.3 is 10.6 Å². The van der Waals surface area contributed by atoms with Crippen LogP contribution < -0.4 is 10.6 Å². The van der Waals surface area contributed by atoms with Crippen LogP contribution in [-0.4, -0.2) is 16.9 Å². The molecule has 1 atom stereocenters. The lowest BCUT2D eigenvalue weighted by atomic mass is 10.2. The second kappa shape index (κ2) is 5.63. The number of carbonyl (C=O) groups is 1. The molecule has 1 unspecified atom stereocenters. The summed E-state index contributed by atoms with van der Waals surface area (Å²) in [6, 6.07) is 8.22. The molecule has 5 heteroatoms. The number of hydrogen-bond acceptors (Lipinski definition) is 4. The van der Waals surface area contributed by atoms with E-state index in [1.54, 1.807) is 11.3 Å². The molecule has 1 amide bonds. The minimum atomic E-state index is 0.0227. The number of nitrogens with zero attached hydrogens (tertiary/aromatic N) is 1. The number of hydrogen-bond donors (Lipinski definition) is 2. The molecule has 4 nitrogen and oxygen atoms in total. The molecule has 3 rings (SSSR count). The zero-order valence-electron chi connectivity index (χ0n) is 11.3. The van der Waals surface area contributed by atoms with E-state index in [4.69, 9.17) is 0 Å². The number of thiazole rings is 1. The standard InChI is InChI=1S/C15H17N3OS/c1-10(14-8-16-9-20-14)17-12-4-2-11(3-5-12)15(19)18-13-6-7-13/h2-5,8-10,13,17H,6-7H2,1H3,(H,18,19). The molecule has 1 saturated carbocycles. The largest absolute Gasteiger partial charge is 0.378 e. The van der Waals surface area contributed by atoms with Gasteiger partial charge in [0.25, 0.3) is 5.91 Å². The van der Waals surface area contributed by atoms with Gasteiger partial charge in [-0.05, 0) is 44.0 Å². The maximum Gasteiger partial charge on any atom is 0.251 e. The summed E-state index contributed by atoms with van der Waals surface area (Å²) in [6.45, 7) is 2.10. The number of amides is 1. The molecule has 1 aliphatic carbocycles. The monoisotopic (exact) mass is 287 g/mol. The summed E-state index contributed by atoms with van der Waals surface area (Å²) in [5, 5.41) is 6.39. The fraction of sp³-hybridized carbons (Fsp3) is 0.333. The number of carbonyl (C=O) groups excluding carboxylic acids is 1. The van der Waals surface area contributed by atoms with Gasteiger partial charge in [0.2, 0.25) is 0 Å². The number of anilines is 1. The molecule has 0 radical (unpaired) electrons. The normalized spacial score (nSPS) is 15.7. The van der Waals surface area contributed by atoms with Crippen molar-refractivity contribution in [1.82, 2.24) is 10.3 Å². The molecule has 2 aromatic rings. The van der Waals surface area contributed by atoms with Crippen molar-refractivity contribution in [2.45, 2.75) is 31.8 Å². The molecule has 1 fully saturated rings. The highest BCUT2D eigenvalue weighted by Gasteiger charge is 2.23. The third-order valence-corrected chi connectivity index (χ3v) is 4.28. The first kappa shape index (κ1) is 13.1. The summed E-state index contributed by atoms with van der Waals surface area (Å²) in [7, 11) is 0. The van der Waals surface area contributed by atoms with Gasteiger partial charge in [0.1, 0.15) is 0 Å². The van der Waals surface area contributed by atoms with Crippen LogP contribution in [0.3, 0.4) is 0 Å². The van der Waals surface area contributed by atoms with E-state index in [2.05, 4.69) is 22.5 Å². The Bertz CT molecular complexity index is 576. The zero-order valence-corrected chi connectivity index (χ0v) is 12.1. The Kier molecular flexibility index (Phi) is 3.69. The number of benzene rings is 1. The van der Waals surface area contributed by atoms with Gasteiger partial charge in [-0.3, -0.25) is 9.78 Å². The first-order valence-electron chi connectivity index (χ1n) is 6.78. The lowest BCUT2D eigenvalue weighted by Crippen LogP contribution is -2.25. The van der Waals surface area contributed by atoms with Crippen molar-refractivity contribution in [2.24, 2.45) is 0 Å². The summed E-state index contributed by atoms with van der Waals surface area (Å²) in [5.74, 6) is 0.0227. The Labute approximate surface area is 122 Å². The maximum absolute atomic E-state index is 11.9. The van der Waals surface area contributed by atoms with E-state index >= 15 is 0 Å². The number of rotatable bonds is 5. The molecule has 2 N–H and O–H groups in total. The topological polar surface area (TPSA) is 54.0 Å². The van der Waals surface area contributed by atoms with Crippen LogP contribution in [0.1, 0.15) is 41.0 Å². The van der Waals surface area contributed by atoms with Crippen LogP contribution in [0.4, 0.5) is 5.69 Å². The van der Waals surface area contributed by atoms with Gasteiger partial charge >= 0.3 is 0 Å². The van der Waals surface area contributed by atoms with Crippen LogP contribution in [0.25, 0.3) is 0 Å². The Balaban J connectivity index is 1.62. The first-order valence-corrected chi connectivity index (χ1v) is 7.66. The summed E-state index contributed by atoms with van der Waals surface area (Å²) < 4.78 is 0. The lowest BCUT2D eigenvalue weighted by Gasteiger charge is -2.13. The summed E-state index contributed by atoms with van der Waals surface area (Å²) in [6.07, 6.45) is 4.09. The SMILES string of the molecule is CC(Nc1ccc(C(=O)NC2CC2)cc1)c1cncs1. The predicted octanol–water partition coefficient (Wildman–Crippen LogP) is 3.21. The molecule has 0 spiro atoms. The second-order valence-electron chi connectivity index (χ2n) is 5.09. The van der Waals surface area contributed by atoms with E-state index in [1.165, 1.54) is 4.88 Å². The van der Waals surface area contributed by atoms with Crippen LogP contribution in [-0.2, 0) is 0 Å². The van der Waals surface area contributed by atoms with Gasteiger partial charge in [0.05, 0.1) is 11.6 Å². The minimum Gasteiger partial charge on any atom is -0.378 e. The third kappa shape index (κ3) is 3.17. The summed E-state index contributed by atoms with van der Waals surface area (Å²) in [5.41, 5.74) is 3.56. The highest BCUT2D eigenvalue weighted by atomic mass is 32.1. The van der Waals surface area contributed by atoms with Gasteiger partial charge in [-0.2, -0.15) is 0 Å². The van der Waals surface area contributed by atoms with E-state index in [9.17, 15) is 4.79 Å². The van der Waals surface area contributed by atoms with Crippen molar-refractivity contribution in [3.63, 3.8) is 0 Å². The van der Waals surface area contributed by atoms with Crippen LogP contribution in [0.5, 0.6) is 0 Å². The molecule has 0 aliphatic heterocycles. The van der Waals surface area contributed by atoms with Gasteiger partial charge in [0, 0.05) is 28.4 Å². The van der Waals surface area contributed by atoms with Gasteiger partial charge in [-0.15, -0.1) is 11.3 Å². The fourth-order valence-electron chi connectivity index (χ4n) is 1.97. The van der Waals surface area contributed by atoms with Crippen molar-refractivity contribution in [2.75, 3.05) is 5.32 Å². The Morgan fingerprint density at radius 2 is 2.10 bits per heavy atom. The van der Waals surface area contributed by atoms with Crippen molar-refractivity contribution in [3.05, 3.63) is 46.4 Å². The average molecular weight is 287 g/mol. The van der Waals surface area contributed by atoms with Crippen LogP contribution in [0.15, 0.2) is 36.0 Å². The second-order valence-corrected chi connectivity index (χ2v) is 6.01. The average Bonchev–Trinajstić information content (AvgIpc) is 3.08. The predicted molar refractivity (Wildman–Crippen MR) is 81.1 cm³/mol. The van der Waals surface area contributed by atoms with Crippen molar-refractivity contribution in [3.8, 4) is 0 Å². The summed E-state index contributed by atoms with van der Waals surface area (Å²) >= 11 is 1.63. The Hall–Kier alpha value is -1.88. The van der Waals surface area contributed by atoms with Gasteiger partial charge in [-0.25, -0.2) is 0 Å². The number of nitrogens with one attached hydrogen (secondary N) is 2. The maximum atomic E-state index is 11.9. The fourth-order valence-corrected chi connectivity index (χ4v) is 2.60. The van der Waals surface area contributed by atoms with Crippen LogP contribution >= 0.6 is 11.3 Å². The smallest absolute Gasteiger partial charge is 0.251 e. The van der Waals surface area contributed by atoms with Crippen LogP contribution in [0, 0.1) is 0 Å². The molecule has 0 bridgehead atoms. The first-order chi connectivity index (χ1) is 9.72. The Morgan fingerprint density at radius 3 is 2.70 bits per heavy atom. The minimum absolute atomic E-state index is 0.0227. The number of aromatic nitrogens is 1. The molecule has 0 saturated heterocycles. The lowest BCUT2D eigenvalue weighted by molar-refractivity contribution is 0.0951. The van der Waals surface area contributed by atoms with E-state index < -0.39 is 0 Å². The summed E-state index contributed by atoms with van der Waals surface area (Å²) in [4.78, 5) is 17.2. The Morgan fingerprint density at radius 1 is 1.35 bits per heavy atom. The van der Waals surface area contributed by atoms with E-state index in [-0.39, 0.29) is 11.9 Å². The zero-order chi connectivity index (χ0) is 13.9. The molecule has 1 heterocycles.